The summed E-state index contributed by atoms with van der Waals surface area (Å²) in [7, 11) is -3.36. The number of nitrogens with two attached hydrogens (primary N) is 1. The highest BCUT2D eigenvalue weighted by Crippen LogP contribution is 2.14. The van der Waals surface area contributed by atoms with E-state index in [0.717, 1.165) is 5.69 Å². The fourth-order valence-electron chi connectivity index (χ4n) is 1.35. The summed E-state index contributed by atoms with van der Waals surface area (Å²) in [6.45, 7) is 4.61. The Morgan fingerprint density at radius 3 is 2.35 bits per heavy atom. The van der Waals surface area contributed by atoms with Gasteiger partial charge in [0.15, 0.2) is 0 Å². The van der Waals surface area contributed by atoms with Crippen LogP contribution in [0, 0.1) is 0 Å². The van der Waals surface area contributed by atoms with Gasteiger partial charge in [-0.2, -0.15) is 0 Å². The van der Waals surface area contributed by atoms with Crippen LogP contribution >= 0.6 is 0 Å². The maximum absolute atomic E-state index is 11.7. The third kappa shape index (κ3) is 3.99. The van der Waals surface area contributed by atoms with Gasteiger partial charge in [-0.25, -0.2) is 13.1 Å². The standard InChI is InChI=1S/C11H19N3O2S/c1-3-13-17(15,16)11-6-4-10(5-7-11)14-9(2)8-12/h4-7,9,13-14H,3,8,12H2,1-2H3. The first-order chi connectivity index (χ1) is 7.99. The van der Waals surface area contributed by atoms with E-state index in [9.17, 15) is 8.42 Å². The molecule has 1 aromatic carbocycles. The average Bonchev–Trinajstić information content (AvgIpc) is 2.29. The monoisotopic (exact) mass is 257 g/mol. The van der Waals surface area contributed by atoms with Crippen LogP contribution in [-0.2, 0) is 10.0 Å². The van der Waals surface area contributed by atoms with E-state index in [1.165, 1.54) is 0 Å². The molecule has 0 aliphatic heterocycles. The average molecular weight is 257 g/mol. The summed E-state index contributed by atoms with van der Waals surface area (Å²) in [5, 5.41) is 3.16. The molecule has 0 aliphatic rings. The smallest absolute Gasteiger partial charge is 0.240 e. The van der Waals surface area contributed by atoms with E-state index >= 15 is 0 Å². The molecule has 0 aromatic heterocycles. The van der Waals surface area contributed by atoms with Gasteiger partial charge in [-0.15, -0.1) is 0 Å². The lowest BCUT2D eigenvalue weighted by atomic mass is 10.2. The molecule has 0 heterocycles. The van der Waals surface area contributed by atoms with Crippen molar-refractivity contribution >= 4 is 15.7 Å². The van der Waals surface area contributed by atoms with Gasteiger partial charge in [0.05, 0.1) is 4.90 Å². The SMILES string of the molecule is CCNS(=O)(=O)c1ccc(NC(C)CN)cc1. The number of benzene rings is 1. The zero-order valence-electron chi connectivity index (χ0n) is 10.1. The third-order valence-electron chi connectivity index (χ3n) is 2.27. The molecule has 0 saturated carbocycles. The second-order valence-electron chi connectivity index (χ2n) is 3.81. The van der Waals surface area contributed by atoms with Crippen LogP contribution in [-0.4, -0.2) is 27.5 Å². The lowest BCUT2D eigenvalue weighted by Gasteiger charge is -2.13. The molecule has 1 atom stereocenters. The van der Waals surface area contributed by atoms with Crippen molar-refractivity contribution < 1.29 is 8.42 Å². The molecule has 17 heavy (non-hydrogen) atoms. The lowest BCUT2D eigenvalue weighted by molar-refractivity contribution is 0.584. The number of rotatable bonds is 6. The minimum absolute atomic E-state index is 0.159. The molecule has 1 unspecified atom stereocenters. The van der Waals surface area contributed by atoms with E-state index in [1.54, 1.807) is 31.2 Å². The Bertz CT molecular complexity index is 442. The maximum atomic E-state index is 11.7. The van der Waals surface area contributed by atoms with Crippen molar-refractivity contribution in [2.24, 2.45) is 5.73 Å². The number of nitrogens with one attached hydrogen (secondary N) is 2. The summed E-state index contributed by atoms with van der Waals surface area (Å²) < 4.78 is 25.8. The first kappa shape index (κ1) is 14.0. The second-order valence-corrected chi connectivity index (χ2v) is 5.57. The fourth-order valence-corrected chi connectivity index (χ4v) is 2.39. The largest absolute Gasteiger partial charge is 0.381 e. The van der Waals surface area contributed by atoms with Gasteiger partial charge in [0.25, 0.3) is 0 Å². The molecule has 0 saturated heterocycles. The first-order valence-corrected chi connectivity index (χ1v) is 7.04. The van der Waals surface area contributed by atoms with Gasteiger partial charge in [0.2, 0.25) is 10.0 Å². The Morgan fingerprint density at radius 1 is 1.29 bits per heavy atom. The van der Waals surface area contributed by atoms with Gasteiger partial charge in [-0.1, -0.05) is 6.92 Å². The molecule has 0 spiro atoms. The first-order valence-electron chi connectivity index (χ1n) is 5.56. The van der Waals surface area contributed by atoms with Crippen LogP contribution in [0.3, 0.4) is 0 Å². The van der Waals surface area contributed by atoms with Crippen molar-refractivity contribution in [1.29, 1.82) is 0 Å². The highest BCUT2D eigenvalue weighted by atomic mass is 32.2. The molecular formula is C11H19N3O2S. The molecule has 1 aromatic rings. The van der Waals surface area contributed by atoms with Crippen LogP contribution in [0.4, 0.5) is 5.69 Å². The number of hydrogen-bond donors (Lipinski definition) is 3. The van der Waals surface area contributed by atoms with Crippen LogP contribution in [0.2, 0.25) is 0 Å². The van der Waals surface area contributed by atoms with Crippen molar-refractivity contribution in [1.82, 2.24) is 4.72 Å². The zero-order valence-corrected chi connectivity index (χ0v) is 10.9. The number of anilines is 1. The van der Waals surface area contributed by atoms with Crippen LogP contribution in [0.1, 0.15) is 13.8 Å². The molecule has 0 fully saturated rings. The van der Waals surface area contributed by atoms with Crippen molar-refractivity contribution in [3.8, 4) is 0 Å². The highest BCUT2D eigenvalue weighted by Gasteiger charge is 2.11. The van der Waals surface area contributed by atoms with Crippen LogP contribution in [0.15, 0.2) is 29.2 Å². The van der Waals surface area contributed by atoms with Gasteiger partial charge in [-0.05, 0) is 31.2 Å². The van der Waals surface area contributed by atoms with Gasteiger partial charge in [0, 0.05) is 24.8 Å². The topological polar surface area (TPSA) is 84.2 Å². The molecule has 5 nitrogen and oxygen atoms in total. The molecule has 0 radical (unpaired) electrons. The molecule has 4 N–H and O–H groups in total. The Kier molecular flexibility index (Phi) is 4.92. The molecular weight excluding hydrogens is 238 g/mol. The summed E-state index contributed by atoms with van der Waals surface area (Å²) in [6, 6.07) is 6.77. The van der Waals surface area contributed by atoms with E-state index in [1.807, 2.05) is 6.92 Å². The van der Waals surface area contributed by atoms with Crippen molar-refractivity contribution in [2.45, 2.75) is 24.8 Å². The predicted molar refractivity (Wildman–Crippen MR) is 69.4 cm³/mol. The number of hydrogen-bond acceptors (Lipinski definition) is 4. The Balaban J connectivity index is 2.81. The molecule has 0 bridgehead atoms. The van der Waals surface area contributed by atoms with Crippen LogP contribution in [0.25, 0.3) is 0 Å². The quantitative estimate of drug-likeness (QED) is 0.702. The summed E-state index contributed by atoms with van der Waals surface area (Å²) in [5.74, 6) is 0. The van der Waals surface area contributed by atoms with Gasteiger partial charge >= 0.3 is 0 Å². The van der Waals surface area contributed by atoms with Crippen LogP contribution in [0.5, 0.6) is 0 Å². The number of sulfonamides is 1. The molecule has 0 amide bonds. The van der Waals surface area contributed by atoms with E-state index in [-0.39, 0.29) is 10.9 Å². The van der Waals surface area contributed by atoms with Crippen LogP contribution < -0.4 is 15.8 Å². The van der Waals surface area contributed by atoms with Gasteiger partial charge in [-0.3, -0.25) is 0 Å². The Morgan fingerprint density at radius 2 is 1.88 bits per heavy atom. The van der Waals surface area contributed by atoms with Crippen molar-refractivity contribution in [2.75, 3.05) is 18.4 Å². The molecule has 0 aliphatic carbocycles. The predicted octanol–water partition coefficient (Wildman–Crippen LogP) is 0.744. The van der Waals surface area contributed by atoms with Gasteiger partial charge in [0.1, 0.15) is 0 Å². The van der Waals surface area contributed by atoms with E-state index in [0.29, 0.717) is 13.1 Å². The lowest BCUT2D eigenvalue weighted by Crippen LogP contribution is -2.25. The second kappa shape index (κ2) is 6.00. The van der Waals surface area contributed by atoms with E-state index in [2.05, 4.69) is 10.0 Å². The fraction of sp³-hybridized carbons (Fsp3) is 0.455. The summed E-state index contributed by atoms with van der Waals surface area (Å²) in [4.78, 5) is 0.269. The maximum Gasteiger partial charge on any atom is 0.240 e. The molecule has 96 valence electrons. The Hall–Kier alpha value is -1.11. The minimum Gasteiger partial charge on any atom is -0.381 e. The summed E-state index contributed by atoms with van der Waals surface area (Å²) in [5.41, 5.74) is 6.35. The van der Waals surface area contributed by atoms with Crippen molar-refractivity contribution in [3.63, 3.8) is 0 Å². The zero-order chi connectivity index (χ0) is 12.9. The van der Waals surface area contributed by atoms with E-state index in [4.69, 9.17) is 5.73 Å². The summed E-state index contributed by atoms with van der Waals surface area (Å²) in [6.07, 6.45) is 0. The highest BCUT2D eigenvalue weighted by molar-refractivity contribution is 7.89. The third-order valence-corrected chi connectivity index (χ3v) is 3.83. The van der Waals surface area contributed by atoms with E-state index < -0.39 is 10.0 Å². The normalized spacial score (nSPS) is 13.4. The van der Waals surface area contributed by atoms with Crippen molar-refractivity contribution in [3.05, 3.63) is 24.3 Å². The Labute approximate surface area is 102 Å². The molecule has 1 rings (SSSR count). The molecule has 6 heteroatoms. The summed E-state index contributed by atoms with van der Waals surface area (Å²) >= 11 is 0. The minimum atomic E-state index is -3.36. The van der Waals surface area contributed by atoms with Gasteiger partial charge < -0.3 is 11.1 Å².